The van der Waals surface area contributed by atoms with E-state index in [-0.39, 0.29) is 5.91 Å². The van der Waals surface area contributed by atoms with E-state index in [4.69, 9.17) is 0 Å². The van der Waals surface area contributed by atoms with Gasteiger partial charge in [0.2, 0.25) is 0 Å². The van der Waals surface area contributed by atoms with Crippen molar-refractivity contribution < 1.29 is 9.00 Å². The van der Waals surface area contributed by atoms with Crippen molar-refractivity contribution in [2.24, 2.45) is 0 Å². The van der Waals surface area contributed by atoms with Gasteiger partial charge < -0.3 is 4.90 Å². The Hall–Kier alpha value is -1.94. The minimum atomic E-state index is -1.01. The molecule has 0 aromatic heterocycles. The maximum atomic E-state index is 12.6. The second-order valence-electron chi connectivity index (χ2n) is 4.84. The van der Waals surface area contributed by atoms with Crippen LogP contribution in [0, 0.1) is 6.92 Å². The van der Waals surface area contributed by atoms with Crippen LogP contribution < -0.4 is 4.90 Å². The normalized spacial score (nSPS) is 17.6. The van der Waals surface area contributed by atoms with Crippen molar-refractivity contribution >= 4 is 22.4 Å². The van der Waals surface area contributed by atoms with Gasteiger partial charge in [-0.15, -0.1) is 0 Å². The number of carbonyl (C=O) groups is 1. The molecule has 1 amide bonds. The molecule has 20 heavy (non-hydrogen) atoms. The Bertz CT molecular complexity index is 679. The zero-order valence-corrected chi connectivity index (χ0v) is 12.0. The Balaban J connectivity index is 1.99. The molecule has 0 saturated heterocycles. The Labute approximate surface area is 120 Å². The summed E-state index contributed by atoms with van der Waals surface area (Å²) in [4.78, 5) is 15.1. The minimum absolute atomic E-state index is 0.0332. The smallest absolute Gasteiger partial charge is 0.258 e. The Kier molecular flexibility index (Phi) is 3.40. The van der Waals surface area contributed by atoms with Gasteiger partial charge in [-0.25, -0.2) is 0 Å². The van der Waals surface area contributed by atoms with Crippen LogP contribution in [0.1, 0.15) is 15.9 Å². The summed E-state index contributed by atoms with van der Waals surface area (Å²) in [6, 6.07) is 15.0. The molecule has 1 atom stereocenters. The van der Waals surface area contributed by atoms with E-state index in [1.165, 1.54) is 0 Å². The average molecular weight is 285 g/mol. The summed E-state index contributed by atoms with van der Waals surface area (Å²) in [5, 5.41) is 0. The number of aryl methyl sites for hydroxylation is 1. The molecule has 0 bridgehead atoms. The van der Waals surface area contributed by atoms with Gasteiger partial charge >= 0.3 is 0 Å². The van der Waals surface area contributed by atoms with Crippen LogP contribution in [-0.4, -0.2) is 22.4 Å². The van der Waals surface area contributed by atoms with Crippen LogP contribution >= 0.6 is 0 Å². The number of carbonyl (C=O) groups excluding carboxylic acids is 1. The molecule has 0 saturated carbocycles. The molecule has 1 aliphatic heterocycles. The number of amides is 1. The third-order valence-corrected chi connectivity index (χ3v) is 4.83. The van der Waals surface area contributed by atoms with Crippen LogP contribution in [0.2, 0.25) is 0 Å². The van der Waals surface area contributed by atoms with Crippen molar-refractivity contribution in [3.05, 3.63) is 59.7 Å². The third kappa shape index (κ3) is 2.27. The van der Waals surface area contributed by atoms with Crippen LogP contribution in [0.3, 0.4) is 0 Å². The van der Waals surface area contributed by atoms with Gasteiger partial charge in [0, 0.05) is 17.9 Å². The molecule has 2 aromatic carbocycles. The van der Waals surface area contributed by atoms with Gasteiger partial charge in [0.1, 0.15) is 0 Å². The lowest BCUT2D eigenvalue weighted by atomic mass is 10.1. The largest absolute Gasteiger partial charge is 0.306 e. The van der Waals surface area contributed by atoms with Gasteiger partial charge in [-0.3, -0.25) is 9.00 Å². The van der Waals surface area contributed by atoms with Crippen LogP contribution in [0.5, 0.6) is 0 Å². The molecule has 0 N–H and O–H groups in total. The van der Waals surface area contributed by atoms with E-state index in [9.17, 15) is 9.00 Å². The Morgan fingerprint density at radius 2 is 1.80 bits per heavy atom. The van der Waals surface area contributed by atoms with E-state index in [1.54, 1.807) is 4.90 Å². The lowest BCUT2D eigenvalue weighted by Crippen LogP contribution is -2.38. The zero-order chi connectivity index (χ0) is 14.1. The molecule has 102 valence electrons. The summed E-state index contributed by atoms with van der Waals surface area (Å²) in [5.74, 6) is 0.461. The topological polar surface area (TPSA) is 37.4 Å². The van der Waals surface area contributed by atoms with Crippen molar-refractivity contribution in [2.45, 2.75) is 11.8 Å². The first kappa shape index (κ1) is 13.1. The van der Waals surface area contributed by atoms with E-state index < -0.39 is 10.8 Å². The highest BCUT2D eigenvalue weighted by molar-refractivity contribution is 7.85. The van der Waals surface area contributed by atoms with Gasteiger partial charge in [-0.2, -0.15) is 0 Å². The lowest BCUT2D eigenvalue weighted by molar-refractivity contribution is 0.0987. The molecule has 4 heteroatoms. The molecule has 1 heterocycles. The molecule has 0 spiro atoms. The van der Waals surface area contributed by atoms with Crippen molar-refractivity contribution in [2.75, 3.05) is 17.2 Å². The third-order valence-electron chi connectivity index (χ3n) is 3.45. The first-order chi connectivity index (χ1) is 9.66. The summed E-state index contributed by atoms with van der Waals surface area (Å²) >= 11 is 0. The van der Waals surface area contributed by atoms with Gasteiger partial charge in [-0.05, 0) is 31.2 Å². The zero-order valence-electron chi connectivity index (χ0n) is 11.2. The molecule has 1 unspecified atom stereocenters. The number of hydrogen-bond donors (Lipinski definition) is 0. The molecule has 2 aromatic rings. The highest BCUT2D eigenvalue weighted by Crippen LogP contribution is 2.29. The second kappa shape index (κ2) is 5.21. The molecular weight excluding hydrogens is 270 g/mol. The minimum Gasteiger partial charge on any atom is -0.306 e. The van der Waals surface area contributed by atoms with E-state index >= 15 is 0 Å². The first-order valence-electron chi connectivity index (χ1n) is 6.53. The quantitative estimate of drug-likeness (QED) is 0.808. The van der Waals surface area contributed by atoms with Gasteiger partial charge in [0.15, 0.2) is 0 Å². The Morgan fingerprint density at radius 3 is 2.55 bits per heavy atom. The SMILES string of the molecule is Cc1ccc(C(=O)N2CCS(=O)c3ccccc32)cc1. The monoisotopic (exact) mass is 285 g/mol. The number of rotatable bonds is 1. The lowest BCUT2D eigenvalue weighted by Gasteiger charge is -2.28. The van der Waals surface area contributed by atoms with Crippen LogP contribution in [0.4, 0.5) is 5.69 Å². The summed E-state index contributed by atoms with van der Waals surface area (Å²) < 4.78 is 12.0. The second-order valence-corrected chi connectivity index (χ2v) is 6.38. The predicted molar refractivity (Wildman–Crippen MR) is 80.6 cm³/mol. The van der Waals surface area contributed by atoms with E-state index in [0.717, 1.165) is 16.1 Å². The van der Waals surface area contributed by atoms with Crippen LogP contribution in [0.25, 0.3) is 0 Å². The van der Waals surface area contributed by atoms with Crippen molar-refractivity contribution in [1.29, 1.82) is 0 Å². The number of hydrogen-bond acceptors (Lipinski definition) is 2. The number of benzene rings is 2. The fraction of sp³-hybridized carbons (Fsp3) is 0.188. The molecule has 0 aliphatic carbocycles. The van der Waals surface area contributed by atoms with Crippen molar-refractivity contribution in [3.63, 3.8) is 0 Å². The molecular formula is C16H15NO2S. The fourth-order valence-corrected chi connectivity index (χ4v) is 3.55. The summed E-state index contributed by atoms with van der Waals surface area (Å²) in [5.41, 5.74) is 2.56. The number of fused-ring (bicyclic) bond motifs is 1. The summed E-state index contributed by atoms with van der Waals surface area (Å²) in [6.45, 7) is 2.49. The van der Waals surface area contributed by atoms with Gasteiger partial charge in [-0.1, -0.05) is 29.8 Å². The summed E-state index contributed by atoms with van der Waals surface area (Å²) in [6.07, 6.45) is 0. The van der Waals surface area contributed by atoms with Gasteiger partial charge in [0.25, 0.3) is 5.91 Å². The van der Waals surface area contributed by atoms with Crippen LogP contribution in [-0.2, 0) is 10.8 Å². The number of anilines is 1. The fourth-order valence-electron chi connectivity index (χ4n) is 2.34. The van der Waals surface area contributed by atoms with Crippen molar-refractivity contribution in [1.82, 2.24) is 0 Å². The molecule has 3 rings (SSSR count). The maximum absolute atomic E-state index is 12.6. The summed E-state index contributed by atoms with van der Waals surface area (Å²) in [7, 11) is -1.01. The van der Waals surface area contributed by atoms with E-state index in [1.807, 2.05) is 55.5 Å². The standard InChI is InChI=1S/C16H15NO2S/c1-12-6-8-13(9-7-12)16(18)17-10-11-20(19)15-5-3-2-4-14(15)17/h2-9H,10-11H2,1H3. The Morgan fingerprint density at radius 1 is 1.10 bits per heavy atom. The van der Waals surface area contributed by atoms with E-state index in [0.29, 0.717) is 17.9 Å². The van der Waals surface area contributed by atoms with Crippen molar-refractivity contribution in [3.8, 4) is 0 Å². The maximum Gasteiger partial charge on any atom is 0.258 e. The van der Waals surface area contributed by atoms with Gasteiger partial charge in [0.05, 0.1) is 21.4 Å². The first-order valence-corrected chi connectivity index (χ1v) is 7.84. The number of nitrogens with zero attached hydrogens (tertiary/aromatic N) is 1. The number of para-hydroxylation sites is 1. The molecule has 1 aliphatic rings. The highest BCUT2D eigenvalue weighted by Gasteiger charge is 2.26. The van der Waals surface area contributed by atoms with Crippen LogP contribution in [0.15, 0.2) is 53.4 Å². The molecule has 3 nitrogen and oxygen atoms in total. The predicted octanol–water partition coefficient (Wildman–Crippen LogP) is 2.76. The molecule has 0 radical (unpaired) electrons. The average Bonchev–Trinajstić information content (AvgIpc) is 2.48. The highest BCUT2D eigenvalue weighted by atomic mass is 32.2. The van der Waals surface area contributed by atoms with E-state index in [2.05, 4.69) is 0 Å². The molecule has 0 fully saturated rings.